The van der Waals surface area contributed by atoms with Crippen LogP contribution < -0.4 is 10.6 Å². The fourth-order valence-corrected chi connectivity index (χ4v) is 3.21. The van der Waals surface area contributed by atoms with E-state index in [-0.39, 0.29) is 30.2 Å². The number of hydrogen-bond acceptors (Lipinski definition) is 9. The highest BCUT2D eigenvalue weighted by Gasteiger charge is 2.26. The van der Waals surface area contributed by atoms with E-state index in [0.29, 0.717) is 31.9 Å². The Morgan fingerprint density at radius 1 is 1.48 bits per heavy atom. The van der Waals surface area contributed by atoms with Gasteiger partial charge in [0.15, 0.2) is 0 Å². The fraction of sp³-hybridized carbons (Fsp3) is 0.667. The van der Waals surface area contributed by atoms with Gasteiger partial charge in [0, 0.05) is 31.1 Å². The SMILES string of the molecule is COC(=O)CCOC1CCN(c2nc(N)ncc2CCS(C)(=O)=O)C1. The third-order valence-corrected chi connectivity index (χ3v) is 4.88. The number of carbonyl (C=O) groups is 1. The first kappa shape index (κ1) is 19.4. The normalized spacial score (nSPS) is 17.7. The molecule has 2 N–H and O–H groups in total. The first-order valence-corrected chi connectivity index (χ1v) is 10.1. The zero-order chi connectivity index (χ0) is 18.4. The highest BCUT2D eigenvalue weighted by Crippen LogP contribution is 2.24. The maximum atomic E-state index is 11.4. The molecular weight excluding hydrogens is 348 g/mol. The van der Waals surface area contributed by atoms with Crippen molar-refractivity contribution in [2.45, 2.75) is 25.4 Å². The van der Waals surface area contributed by atoms with Gasteiger partial charge in [-0.15, -0.1) is 0 Å². The third-order valence-electron chi connectivity index (χ3n) is 3.93. The Hall–Kier alpha value is -1.94. The molecule has 0 saturated carbocycles. The van der Waals surface area contributed by atoms with Gasteiger partial charge in [0.25, 0.3) is 0 Å². The van der Waals surface area contributed by atoms with Crippen molar-refractivity contribution in [3.63, 3.8) is 0 Å². The van der Waals surface area contributed by atoms with E-state index in [1.54, 1.807) is 6.20 Å². The van der Waals surface area contributed by atoms with Crippen LogP contribution in [0.1, 0.15) is 18.4 Å². The number of carbonyl (C=O) groups excluding carboxylic acids is 1. The molecule has 1 unspecified atom stereocenters. The monoisotopic (exact) mass is 372 g/mol. The Labute approximate surface area is 147 Å². The standard InChI is InChI=1S/C15H24N4O5S/c1-23-13(20)4-7-24-12-3-6-19(10-12)14-11(5-8-25(2,21)22)9-17-15(16)18-14/h9,12H,3-8,10H2,1-2H3,(H2,16,17,18). The van der Waals surface area contributed by atoms with Gasteiger partial charge < -0.3 is 20.1 Å². The van der Waals surface area contributed by atoms with Crippen molar-refractivity contribution in [2.75, 3.05) is 49.4 Å². The van der Waals surface area contributed by atoms with Gasteiger partial charge in [-0.1, -0.05) is 0 Å². The summed E-state index contributed by atoms with van der Waals surface area (Å²) in [6.07, 6.45) is 4.09. The van der Waals surface area contributed by atoms with Gasteiger partial charge in [0.1, 0.15) is 15.7 Å². The van der Waals surface area contributed by atoms with Crippen LogP contribution in [0.2, 0.25) is 0 Å². The minimum absolute atomic E-state index is 0.0244. The van der Waals surface area contributed by atoms with Crippen molar-refractivity contribution < 1.29 is 22.7 Å². The lowest BCUT2D eigenvalue weighted by molar-refractivity contribution is -0.142. The molecule has 9 nitrogen and oxygen atoms in total. The zero-order valence-electron chi connectivity index (χ0n) is 14.5. The first-order valence-electron chi connectivity index (χ1n) is 8.01. The van der Waals surface area contributed by atoms with Crippen molar-refractivity contribution in [1.29, 1.82) is 0 Å². The number of nitrogens with zero attached hydrogens (tertiary/aromatic N) is 3. The zero-order valence-corrected chi connectivity index (χ0v) is 15.3. The second kappa shape index (κ2) is 8.43. The van der Waals surface area contributed by atoms with Crippen molar-refractivity contribution in [3.8, 4) is 0 Å². The van der Waals surface area contributed by atoms with Crippen LogP contribution in [-0.4, -0.2) is 69.3 Å². The van der Waals surface area contributed by atoms with Gasteiger partial charge >= 0.3 is 5.97 Å². The van der Waals surface area contributed by atoms with Crippen LogP contribution in [-0.2, 0) is 30.5 Å². The van der Waals surface area contributed by atoms with Crippen LogP contribution in [0, 0.1) is 0 Å². The predicted molar refractivity (Wildman–Crippen MR) is 93.1 cm³/mol. The van der Waals surface area contributed by atoms with E-state index in [1.165, 1.54) is 13.4 Å². The fourth-order valence-electron chi connectivity index (χ4n) is 2.62. The van der Waals surface area contributed by atoms with Gasteiger partial charge in [-0.25, -0.2) is 13.4 Å². The molecule has 0 bridgehead atoms. The number of hydrogen-bond donors (Lipinski definition) is 1. The van der Waals surface area contributed by atoms with Crippen molar-refractivity contribution in [2.24, 2.45) is 0 Å². The van der Waals surface area contributed by atoms with E-state index in [4.69, 9.17) is 10.5 Å². The van der Waals surface area contributed by atoms with Gasteiger partial charge in [-0.05, 0) is 12.8 Å². The molecule has 1 saturated heterocycles. The smallest absolute Gasteiger partial charge is 0.307 e. The number of nitrogen functional groups attached to an aromatic ring is 1. The van der Waals surface area contributed by atoms with Crippen LogP contribution in [0.4, 0.5) is 11.8 Å². The minimum Gasteiger partial charge on any atom is -0.469 e. The van der Waals surface area contributed by atoms with E-state index >= 15 is 0 Å². The second-order valence-electron chi connectivity index (χ2n) is 6.01. The van der Waals surface area contributed by atoms with E-state index in [0.717, 1.165) is 12.0 Å². The van der Waals surface area contributed by atoms with Crippen molar-refractivity contribution in [1.82, 2.24) is 9.97 Å². The molecule has 0 aliphatic carbocycles. The first-order chi connectivity index (χ1) is 11.8. The molecule has 0 spiro atoms. The number of aryl methyl sites for hydroxylation is 1. The van der Waals surface area contributed by atoms with E-state index in [9.17, 15) is 13.2 Å². The summed E-state index contributed by atoms with van der Waals surface area (Å²) in [5.41, 5.74) is 6.44. The maximum absolute atomic E-state index is 11.4. The summed E-state index contributed by atoms with van der Waals surface area (Å²) in [5, 5.41) is 0. The number of ether oxygens (including phenoxy) is 2. The Bertz CT molecular complexity index is 710. The second-order valence-corrected chi connectivity index (χ2v) is 8.27. The van der Waals surface area contributed by atoms with Crippen LogP contribution >= 0.6 is 0 Å². The van der Waals surface area contributed by atoms with Crippen LogP contribution in [0.15, 0.2) is 6.20 Å². The van der Waals surface area contributed by atoms with E-state index in [1.807, 2.05) is 4.90 Å². The molecule has 2 heterocycles. The Balaban J connectivity index is 1.99. The molecule has 1 aromatic heterocycles. The Kier molecular flexibility index (Phi) is 6.54. The summed E-state index contributed by atoms with van der Waals surface area (Å²) >= 11 is 0. The van der Waals surface area contributed by atoms with Gasteiger partial charge in [0.05, 0.1) is 32.0 Å². The summed E-state index contributed by atoms with van der Waals surface area (Å²) < 4.78 is 33.1. The van der Waals surface area contributed by atoms with Gasteiger partial charge in [-0.2, -0.15) is 4.98 Å². The highest BCUT2D eigenvalue weighted by molar-refractivity contribution is 7.90. The summed E-state index contributed by atoms with van der Waals surface area (Å²) in [4.78, 5) is 21.4. The molecule has 1 fully saturated rings. The molecule has 10 heteroatoms. The number of rotatable bonds is 8. The van der Waals surface area contributed by atoms with E-state index in [2.05, 4.69) is 14.7 Å². The summed E-state index contributed by atoms with van der Waals surface area (Å²) in [6, 6.07) is 0. The van der Waals surface area contributed by atoms with Crippen LogP contribution in [0.25, 0.3) is 0 Å². The molecule has 1 atom stereocenters. The molecule has 1 aliphatic heterocycles. The largest absolute Gasteiger partial charge is 0.469 e. The Morgan fingerprint density at radius 2 is 2.24 bits per heavy atom. The summed E-state index contributed by atoms with van der Waals surface area (Å²) in [6.45, 7) is 1.62. The van der Waals surface area contributed by atoms with Gasteiger partial charge in [0.2, 0.25) is 5.95 Å². The molecule has 0 aromatic carbocycles. The number of esters is 1. The minimum atomic E-state index is -3.08. The average molecular weight is 372 g/mol. The number of aromatic nitrogens is 2. The highest BCUT2D eigenvalue weighted by atomic mass is 32.2. The van der Waals surface area contributed by atoms with Crippen LogP contribution in [0.5, 0.6) is 0 Å². The number of sulfone groups is 1. The molecule has 140 valence electrons. The summed E-state index contributed by atoms with van der Waals surface area (Å²) in [7, 11) is -1.74. The topological polar surface area (TPSA) is 125 Å². The lowest BCUT2D eigenvalue weighted by Crippen LogP contribution is -2.26. The molecule has 1 aromatic rings. The van der Waals surface area contributed by atoms with E-state index < -0.39 is 9.84 Å². The van der Waals surface area contributed by atoms with Crippen molar-refractivity contribution >= 4 is 27.6 Å². The summed E-state index contributed by atoms with van der Waals surface area (Å²) in [5.74, 6) is 0.519. The molecule has 2 rings (SSSR count). The number of anilines is 2. The maximum Gasteiger partial charge on any atom is 0.307 e. The van der Waals surface area contributed by atoms with Crippen molar-refractivity contribution in [3.05, 3.63) is 11.8 Å². The molecule has 1 aliphatic rings. The third kappa shape index (κ3) is 6.13. The molecular formula is C15H24N4O5S. The van der Waals surface area contributed by atoms with Gasteiger partial charge in [-0.3, -0.25) is 4.79 Å². The lowest BCUT2D eigenvalue weighted by atomic mass is 10.2. The van der Waals surface area contributed by atoms with Crippen LogP contribution in [0.3, 0.4) is 0 Å². The quantitative estimate of drug-likeness (QED) is 0.618. The number of methoxy groups -OCH3 is 1. The lowest BCUT2D eigenvalue weighted by Gasteiger charge is -2.20. The Morgan fingerprint density at radius 3 is 2.92 bits per heavy atom. The molecule has 0 amide bonds. The predicted octanol–water partition coefficient (Wildman–Crippen LogP) is -0.196. The number of nitrogens with two attached hydrogens (primary N) is 1. The molecule has 0 radical (unpaired) electrons. The average Bonchev–Trinajstić information content (AvgIpc) is 3.01. The molecule has 25 heavy (non-hydrogen) atoms.